The monoisotopic (exact) mass is 211 g/mol. The Kier molecular flexibility index (Phi) is 2.04. The molecule has 1 radical (unpaired) electrons. The predicted octanol–water partition coefficient (Wildman–Crippen LogP) is 2.80. The predicted molar refractivity (Wildman–Crippen MR) is 56.3 cm³/mol. The molecule has 2 heterocycles. The largest absolute Gasteiger partial charge is 0.433 e. The van der Waals surface area contributed by atoms with Crippen molar-refractivity contribution in [3.63, 3.8) is 0 Å². The molecule has 0 fully saturated rings. The maximum absolute atomic E-state index is 5.51. The van der Waals surface area contributed by atoms with Crippen LogP contribution in [0.25, 0.3) is 23.0 Å². The molecule has 2 aromatic heterocycles. The van der Waals surface area contributed by atoms with Crippen molar-refractivity contribution in [2.24, 2.45) is 0 Å². The van der Waals surface area contributed by atoms with Gasteiger partial charge >= 0.3 is 0 Å². The zero-order valence-corrected chi connectivity index (χ0v) is 8.25. The van der Waals surface area contributed by atoms with E-state index in [0.29, 0.717) is 17.4 Å². The van der Waals surface area contributed by atoms with E-state index in [1.807, 2.05) is 30.3 Å². The molecular weight excluding hydrogens is 204 g/mol. The average molecular weight is 211 g/mol. The standard InChI is InChI=1S/C12H7N2O2/c1-2-4-9(5-3-1)11-8-13-12(15-11)10-6-7-14-16-10/h1-7H. The van der Waals surface area contributed by atoms with Crippen molar-refractivity contribution in [1.82, 2.24) is 10.1 Å². The van der Waals surface area contributed by atoms with Gasteiger partial charge in [0.15, 0.2) is 5.76 Å². The fraction of sp³-hybridized carbons (Fsp3) is 0. The fourth-order valence-electron chi connectivity index (χ4n) is 1.39. The molecule has 0 saturated heterocycles. The summed E-state index contributed by atoms with van der Waals surface area (Å²) < 4.78 is 10.5. The second-order valence-corrected chi connectivity index (χ2v) is 3.20. The molecule has 16 heavy (non-hydrogen) atoms. The minimum Gasteiger partial charge on any atom is -0.433 e. The Labute approximate surface area is 91.5 Å². The van der Waals surface area contributed by atoms with Gasteiger partial charge in [0.25, 0.3) is 5.89 Å². The smallest absolute Gasteiger partial charge is 0.266 e. The van der Waals surface area contributed by atoms with Crippen LogP contribution in [0.5, 0.6) is 0 Å². The minimum absolute atomic E-state index is 0.386. The third-order valence-corrected chi connectivity index (χ3v) is 2.14. The Morgan fingerprint density at radius 3 is 2.69 bits per heavy atom. The number of aromatic nitrogens is 2. The van der Waals surface area contributed by atoms with Crippen molar-refractivity contribution in [1.29, 1.82) is 0 Å². The van der Waals surface area contributed by atoms with E-state index >= 15 is 0 Å². The molecule has 0 aliphatic carbocycles. The molecular formula is C12H7N2O2. The van der Waals surface area contributed by atoms with Crippen LogP contribution in [0.4, 0.5) is 0 Å². The van der Waals surface area contributed by atoms with E-state index in [2.05, 4.69) is 16.3 Å². The molecule has 0 spiro atoms. The van der Waals surface area contributed by atoms with Gasteiger partial charge in [0.05, 0.1) is 6.20 Å². The quantitative estimate of drug-likeness (QED) is 0.654. The normalized spacial score (nSPS) is 10.5. The van der Waals surface area contributed by atoms with Gasteiger partial charge in [-0.1, -0.05) is 35.5 Å². The topological polar surface area (TPSA) is 52.1 Å². The molecule has 1 aromatic carbocycles. The summed E-state index contributed by atoms with van der Waals surface area (Å²) in [5.74, 6) is 1.47. The lowest BCUT2D eigenvalue weighted by Crippen LogP contribution is -1.70. The third kappa shape index (κ3) is 1.50. The van der Waals surface area contributed by atoms with Gasteiger partial charge in [0.2, 0.25) is 5.76 Å². The maximum Gasteiger partial charge on any atom is 0.266 e. The molecule has 0 aliphatic heterocycles. The lowest BCUT2D eigenvalue weighted by atomic mass is 10.2. The van der Waals surface area contributed by atoms with Crippen LogP contribution in [-0.2, 0) is 0 Å². The lowest BCUT2D eigenvalue weighted by molar-refractivity contribution is 0.416. The Balaban J connectivity index is 2.00. The minimum atomic E-state index is 0.386. The molecule has 77 valence electrons. The van der Waals surface area contributed by atoms with Crippen LogP contribution in [0.15, 0.2) is 51.5 Å². The molecule has 3 rings (SSSR count). The van der Waals surface area contributed by atoms with Gasteiger partial charge in [0, 0.05) is 11.6 Å². The Morgan fingerprint density at radius 2 is 1.94 bits per heavy atom. The summed E-state index contributed by atoms with van der Waals surface area (Å²) in [6, 6.07) is 11.4. The van der Waals surface area contributed by atoms with Crippen molar-refractivity contribution >= 4 is 0 Å². The average Bonchev–Trinajstić information content (AvgIpc) is 3.01. The highest BCUT2D eigenvalue weighted by Crippen LogP contribution is 2.24. The summed E-state index contributed by atoms with van der Waals surface area (Å²) in [4.78, 5) is 4.01. The lowest BCUT2D eigenvalue weighted by Gasteiger charge is -1.92. The van der Waals surface area contributed by atoms with Crippen molar-refractivity contribution < 1.29 is 8.94 Å². The van der Waals surface area contributed by atoms with Crippen LogP contribution in [0.1, 0.15) is 0 Å². The maximum atomic E-state index is 5.51. The molecule has 3 aromatic rings. The van der Waals surface area contributed by atoms with Crippen molar-refractivity contribution in [3.8, 4) is 23.0 Å². The van der Waals surface area contributed by atoms with Crippen LogP contribution < -0.4 is 0 Å². The first-order chi connectivity index (χ1) is 7.93. The number of hydrogen-bond acceptors (Lipinski definition) is 4. The highest BCUT2D eigenvalue weighted by Gasteiger charge is 2.11. The van der Waals surface area contributed by atoms with Gasteiger partial charge in [-0.2, -0.15) is 0 Å². The van der Waals surface area contributed by atoms with Crippen LogP contribution in [0.2, 0.25) is 0 Å². The van der Waals surface area contributed by atoms with E-state index in [0.717, 1.165) is 5.56 Å². The summed E-state index contributed by atoms with van der Waals surface area (Å²) in [7, 11) is 0. The summed E-state index contributed by atoms with van der Waals surface area (Å²) in [6.45, 7) is 0. The first-order valence-corrected chi connectivity index (χ1v) is 4.78. The Hall–Kier alpha value is -2.36. The number of rotatable bonds is 2. The number of hydrogen-bond donors (Lipinski definition) is 0. The summed E-state index contributed by atoms with van der Waals surface area (Å²) in [6.07, 6.45) is 4.35. The van der Waals surface area contributed by atoms with Gasteiger partial charge in [-0.25, -0.2) is 4.98 Å². The summed E-state index contributed by atoms with van der Waals surface area (Å²) in [5, 5.41) is 3.59. The van der Waals surface area contributed by atoms with Crippen LogP contribution in [0, 0.1) is 6.20 Å². The molecule has 0 amide bonds. The van der Waals surface area contributed by atoms with Crippen molar-refractivity contribution in [2.75, 3.05) is 0 Å². The molecule has 4 heteroatoms. The van der Waals surface area contributed by atoms with E-state index < -0.39 is 0 Å². The highest BCUT2D eigenvalue weighted by molar-refractivity contribution is 5.57. The summed E-state index contributed by atoms with van der Waals surface area (Å²) in [5.41, 5.74) is 0.931. The Morgan fingerprint density at radius 1 is 1.06 bits per heavy atom. The molecule has 0 atom stereocenters. The second-order valence-electron chi connectivity index (χ2n) is 3.20. The number of oxazole rings is 1. The van der Waals surface area contributed by atoms with Gasteiger partial charge in [-0.15, -0.1) is 0 Å². The number of nitrogens with zero attached hydrogens (tertiary/aromatic N) is 2. The van der Waals surface area contributed by atoms with Gasteiger partial charge in [0.1, 0.15) is 6.20 Å². The molecule has 0 saturated carbocycles. The van der Waals surface area contributed by atoms with E-state index in [1.165, 1.54) is 0 Å². The van der Waals surface area contributed by atoms with E-state index in [9.17, 15) is 0 Å². The van der Waals surface area contributed by atoms with Gasteiger partial charge in [-0.05, 0) is 0 Å². The first-order valence-electron chi connectivity index (χ1n) is 4.78. The third-order valence-electron chi connectivity index (χ3n) is 2.14. The van der Waals surface area contributed by atoms with Crippen LogP contribution in [0.3, 0.4) is 0 Å². The van der Waals surface area contributed by atoms with Gasteiger partial charge < -0.3 is 8.94 Å². The summed E-state index contributed by atoms with van der Waals surface area (Å²) >= 11 is 0. The molecule has 0 bridgehead atoms. The molecule has 0 unspecified atom stereocenters. The van der Waals surface area contributed by atoms with E-state index in [4.69, 9.17) is 8.94 Å². The SMILES string of the molecule is [c]1nc(-c2ccno2)oc1-c1ccccc1. The van der Waals surface area contributed by atoms with E-state index in [-0.39, 0.29) is 0 Å². The van der Waals surface area contributed by atoms with E-state index in [1.54, 1.807) is 12.3 Å². The van der Waals surface area contributed by atoms with Crippen LogP contribution >= 0.6 is 0 Å². The number of benzene rings is 1. The zero-order valence-electron chi connectivity index (χ0n) is 8.25. The highest BCUT2D eigenvalue weighted by atomic mass is 16.5. The first kappa shape index (κ1) is 8.91. The molecule has 0 N–H and O–H groups in total. The second kappa shape index (κ2) is 3.66. The zero-order chi connectivity index (χ0) is 10.8. The molecule has 4 nitrogen and oxygen atoms in total. The Bertz CT molecular complexity index is 570. The fourth-order valence-corrected chi connectivity index (χ4v) is 1.39. The van der Waals surface area contributed by atoms with Crippen molar-refractivity contribution in [3.05, 3.63) is 48.8 Å². The van der Waals surface area contributed by atoms with Gasteiger partial charge in [-0.3, -0.25) is 0 Å². The molecule has 0 aliphatic rings. The van der Waals surface area contributed by atoms with Crippen molar-refractivity contribution in [2.45, 2.75) is 0 Å². The van der Waals surface area contributed by atoms with Crippen LogP contribution in [-0.4, -0.2) is 10.1 Å².